The molecular weight excluding hydrogens is 361 g/mol. The van der Waals surface area contributed by atoms with Crippen molar-refractivity contribution in [3.8, 4) is 0 Å². The molecule has 0 spiro atoms. The van der Waals surface area contributed by atoms with E-state index in [0.717, 1.165) is 25.0 Å². The molecular formula is C18H19ClFN3OS. The van der Waals surface area contributed by atoms with Gasteiger partial charge in [0.05, 0.1) is 11.1 Å². The molecule has 0 radical (unpaired) electrons. The first-order valence-corrected chi connectivity index (χ1v) is 8.92. The van der Waals surface area contributed by atoms with Crippen LogP contribution in [0.5, 0.6) is 0 Å². The molecule has 7 heteroatoms. The quantitative estimate of drug-likeness (QED) is 0.786. The van der Waals surface area contributed by atoms with Crippen LogP contribution < -0.4 is 5.32 Å². The minimum atomic E-state index is -0.453. The number of nitrogens with one attached hydrogen (secondary N) is 1. The fourth-order valence-corrected chi connectivity index (χ4v) is 3.18. The first-order valence-electron chi connectivity index (χ1n) is 8.13. The lowest BCUT2D eigenvalue weighted by Crippen LogP contribution is -2.39. The van der Waals surface area contributed by atoms with Gasteiger partial charge >= 0.3 is 0 Å². The number of hydrogen-bond acceptors (Lipinski definition) is 3. The number of nitrogens with zero attached hydrogens (tertiary/aromatic N) is 2. The van der Waals surface area contributed by atoms with Crippen LogP contribution in [0.4, 0.5) is 10.1 Å². The van der Waals surface area contributed by atoms with Gasteiger partial charge in [0.2, 0.25) is 0 Å². The molecule has 1 N–H and O–H groups in total. The van der Waals surface area contributed by atoms with Crippen molar-refractivity contribution in [2.45, 2.75) is 25.5 Å². The van der Waals surface area contributed by atoms with E-state index in [1.54, 1.807) is 18.5 Å². The van der Waals surface area contributed by atoms with Gasteiger partial charge in [-0.25, -0.2) is 4.39 Å². The zero-order chi connectivity index (χ0) is 17.6. The molecule has 0 amide bonds. The van der Waals surface area contributed by atoms with E-state index in [4.69, 9.17) is 28.6 Å². The Balaban J connectivity index is 1.72. The van der Waals surface area contributed by atoms with Crippen LogP contribution in [0.25, 0.3) is 0 Å². The highest BCUT2D eigenvalue weighted by atomic mass is 35.5. The molecule has 3 rings (SSSR count). The minimum absolute atomic E-state index is 0.0626. The van der Waals surface area contributed by atoms with E-state index in [2.05, 4.69) is 15.2 Å². The summed E-state index contributed by atoms with van der Waals surface area (Å²) in [5.74, 6) is -0.453. The lowest BCUT2D eigenvalue weighted by molar-refractivity contribution is 0.0905. The summed E-state index contributed by atoms with van der Waals surface area (Å²) in [6, 6.07) is 8.38. The van der Waals surface area contributed by atoms with Crippen molar-refractivity contribution in [3.63, 3.8) is 0 Å². The Morgan fingerprint density at radius 3 is 2.84 bits per heavy atom. The SMILES string of the molecule is Fc1ccc(NC(=S)N(Cc2ccncc2)C[C@H]2CCCO2)cc1Cl. The number of hydrogen-bond donors (Lipinski definition) is 1. The van der Waals surface area contributed by atoms with Gasteiger partial charge in [-0.15, -0.1) is 0 Å². The predicted octanol–water partition coefficient (Wildman–Crippen LogP) is 4.25. The summed E-state index contributed by atoms with van der Waals surface area (Å²) in [5, 5.41) is 3.75. The smallest absolute Gasteiger partial charge is 0.173 e. The Bertz CT molecular complexity index is 726. The van der Waals surface area contributed by atoms with E-state index >= 15 is 0 Å². The van der Waals surface area contributed by atoms with Gasteiger partial charge in [-0.2, -0.15) is 0 Å². The van der Waals surface area contributed by atoms with Crippen molar-refractivity contribution in [1.29, 1.82) is 0 Å². The molecule has 2 heterocycles. The van der Waals surface area contributed by atoms with E-state index in [0.29, 0.717) is 23.9 Å². The van der Waals surface area contributed by atoms with Crippen LogP contribution in [-0.4, -0.2) is 34.3 Å². The molecule has 1 aliphatic rings. The largest absolute Gasteiger partial charge is 0.376 e. The lowest BCUT2D eigenvalue weighted by Gasteiger charge is -2.28. The van der Waals surface area contributed by atoms with Gasteiger partial charge in [0.15, 0.2) is 5.11 Å². The number of rotatable bonds is 5. The van der Waals surface area contributed by atoms with Gasteiger partial charge in [0.25, 0.3) is 0 Å². The van der Waals surface area contributed by atoms with Crippen LogP contribution in [0.15, 0.2) is 42.7 Å². The first kappa shape index (κ1) is 18.0. The Hall–Kier alpha value is -1.76. The Kier molecular flexibility index (Phi) is 6.18. The van der Waals surface area contributed by atoms with Gasteiger partial charge in [-0.1, -0.05) is 11.6 Å². The molecule has 0 aliphatic carbocycles. The maximum absolute atomic E-state index is 13.3. The molecule has 1 fully saturated rings. The van der Waals surface area contributed by atoms with Crippen LogP contribution >= 0.6 is 23.8 Å². The zero-order valence-electron chi connectivity index (χ0n) is 13.6. The molecule has 2 aromatic rings. The van der Waals surface area contributed by atoms with E-state index in [1.807, 2.05) is 12.1 Å². The standard InChI is InChI=1S/C18H19ClFN3OS/c19-16-10-14(3-4-17(16)20)22-18(25)23(12-15-2-1-9-24-15)11-13-5-7-21-8-6-13/h3-8,10,15H,1-2,9,11-12H2,(H,22,25)/t15-/m1/s1. The van der Waals surface area contributed by atoms with E-state index in [1.165, 1.54) is 12.1 Å². The topological polar surface area (TPSA) is 37.4 Å². The number of aromatic nitrogens is 1. The molecule has 1 aromatic heterocycles. The van der Waals surface area contributed by atoms with Gasteiger partial charge in [-0.05, 0) is 61.0 Å². The summed E-state index contributed by atoms with van der Waals surface area (Å²) in [5.41, 5.74) is 1.76. The molecule has 0 saturated carbocycles. The molecule has 1 aliphatic heterocycles. The second-order valence-electron chi connectivity index (χ2n) is 5.93. The van der Waals surface area contributed by atoms with Crippen LogP contribution in [0.1, 0.15) is 18.4 Å². The zero-order valence-corrected chi connectivity index (χ0v) is 15.2. The summed E-state index contributed by atoms with van der Waals surface area (Å²) in [6.45, 7) is 2.13. The third-order valence-corrected chi connectivity index (χ3v) is 4.68. The van der Waals surface area contributed by atoms with Gasteiger partial charge in [0.1, 0.15) is 5.82 Å². The summed E-state index contributed by atoms with van der Waals surface area (Å²) >= 11 is 11.4. The van der Waals surface area contributed by atoms with Crippen LogP contribution in [0.2, 0.25) is 5.02 Å². The van der Waals surface area contributed by atoms with E-state index < -0.39 is 5.82 Å². The maximum Gasteiger partial charge on any atom is 0.173 e. The Morgan fingerprint density at radius 1 is 1.36 bits per heavy atom. The number of ether oxygens (including phenoxy) is 1. The number of halogens is 2. The van der Waals surface area contributed by atoms with Gasteiger partial charge in [-0.3, -0.25) is 4.98 Å². The fraction of sp³-hybridized carbons (Fsp3) is 0.333. The van der Waals surface area contributed by atoms with E-state index in [9.17, 15) is 4.39 Å². The van der Waals surface area contributed by atoms with E-state index in [-0.39, 0.29) is 11.1 Å². The van der Waals surface area contributed by atoms with Crippen LogP contribution in [0, 0.1) is 5.82 Å². The predicted molar refractivity (Wildman–Crippen MR) is 101 cm³/mol. The summed E-state index contributed by atoms with van der Waals surface area (Å²) < 4.78 is 19.1. The second kappa shape index (κ2) is 8.56. The number of pyridine rings is 1. The summed E-state index contributed by atoms with van der Waals surface area (Å²) in [7, 11) is 0. The van der Waals surface area contributed by atoms with Gasteiger partial charge < -0.3 is 15.0 Å². The number of anilines is 1. The number of thiocarbonyl (C=S) groups is 1. The normalized spacial score (nSPS) is 16.6. The number of benzene rings is 1. The summed E-state index contributed by atoms with van der Waals surface area (Å²) in [6.07, 6.45) is 5.78. The molecule has 1 saturated heterocycles. The molecule has 0 bridgehead atoms. The van der Waals surface area contributed by atoms with Crippen molar-refractivity contribution in [2.75, 3.05) is 18.5 Å². The highest BCUT2D eigenvalue weighted by Crippen LogP contribution is 2.21. The highest BCUT2D eigenvalue weighted by Gasteiger charge is 2.21. The third kappa shape index (κ3) is 5.11. The van der Waals surface area contributed by atoms with Crippen molar-refractivity contribution in [2.24, 2.45) is 0 Å². The lowest BCUT2D eigenvalue weighted by atomic mass is 10.2. The first-order chi connectivity index (χ1) is 12.1. The van der Waals surface area contributed by atoms with Crippen LogP contribution in [0.3, 0.4) is 0 Å². The molecule has 1 atom stereocenters. The Morgan fingerprint density at radius 2 is 2.16 bits per heavy atom. The monoisotopic (exact) mass is 379 g/mol. The molecule has 132 valence electrons. The second-order valence-corrected chi connectivity index (χ2v) is 6.72. The van der Waals surface area contributed by atoms with Crippen molar-refractivity contribution in [1.82, 2.24) is 9.88 Å². The highest BCUT2D eigenvalue weighted by molar-refractivity contribution is 7.80. The summed E-state index contributed by atoms with van der Waals surface area (Å²) in [4.78, 5) is 6.10. The third-order valence-electron chi connectivity index (χ3n) is 4.03. The molecule has 1 aromatic carbocycles. The van der Waals surface area contributed by atoms with Gasteiger partial charge in [0, 0.05) is 37.8 Å². The average Bonchev–Trinajstić information content (AvgIpc) is 3.12. The Labute approximate surface area is 157 Å². The van der Waals surface area contributed by atoms with Crippen molar-refractivity contribution < 1.29 is 9.13 Å². The molecule has 25 heavy (non-hydrogen) atoms. The fourth-order valence-electron chi connectivity index (χ4n) is 2.74. The minimum Gasteiger partial charge on any atom is -0.376 e. The average molecular weight is 380 g/mol. The molecule has 4 nitrogen and oxygen atoms in total. The van der Waals surface area contributed by atoms with Crippen molar-refractivity contribution >= 4 is 34.6 Å². The van der Waals surface area contributed by atoms with Crippen LogP contribution in [-0.2, 0) is 11.3 Å². The van der Waals surface area contributed by atoms with Crippen molar-refractivity contribution in [3.05, 3.63) is 59.1 Å². The molecule has 0 unspecified atom stereocenters. The maximum atomic E-state index is 13.3.